The van der Waals surface area contributed by atoms with Crippen LogP contribution in [0.5, 0.6) is 0 Å². The van der Waals surface area contributed by atoms with E-state index in [0.717, 1.165) is 48.9 Å². The van der Waals surface area contributed by atoms with Crippen LogP contribution in [0.2, 0.25) is 0 Å². The van der Waals surface area contributed by atoms with E-state index < -0.39 is 11.9 Å². The molecule has 1 atom stereocenters. The molecule has 1 fully saturated rings. The Morgan fingerprint density at radius 1 is 0.933 bits per heavy atom. The van der Waals surface area contributed by atoms with Crippen LogP contribution in [-0.4, -0.2) is 45.7 Å². The second-order valence-electron chi connectivity index (χ2n) is 12.3. The number of nitrogens with two attached hydrogens (primary N) is 2. The fourth-order valence-corrected chi connectivity index (χ4v) is 6.56. The molecule has 0 spiro atoms. The fraction of sp³-hybridized carbons (Fsp3) is 0.333. The first kappa shape index (κ1) is 30.3. The average molecular weight is 605 g/mol. The van der Waals surface area contributed by atoms with Crippen LogP contribution in [-0.2, 0) is 24.2 Å². The van der Waals surface area contributed by atoms with Crippen LogP contribution >= 0.6 is 0 Å². The van der Waals surface area contributed by atoms with Crippen molar-refractivity contribution in [3.63, 3.8) is 0 Å². The van der Waals surface area contributed by atoms with Crippen LogP contribution in [0.15, 0.2) is 79.0 Å². The van der Waals surface area contributed by atoms with Crippen molar-refractivity contribution in [3.8, 4) is 11.3 Å². The number of nitrogens with zero attached hydrogens (tertiary/aromatic N) is 2. The molecule has 0 bridgehead atoms. The van der Waals surface area contributed by atoms with Crippen LogP contribution < -0.4 is 16.8 Å². The summed E-state index contributed by atoms with van der Waals surface area (Å²) in [7, 11) is 0. The van der Waals surface area contributed by atoms with E-state index in [-0.39, 0.29) is 17.7 Å². The van der Waals surface area contributed by atoms with E-state index in [4.69, 9.17) is 11.5 Å². The van der Waals surface area contributed by atoms with Gasteiger partial charge in [-0.15, -0.1) is 0 Å². The molecule has 3 aromatic carbocycles. The van der Waals surface area contributed by atoms with Crippen molar-refractivity contribution in [2.75, 3.05) is 13.1 Å². The van der Waals surface area contributed by atoms with Gasteiger partial charge in [-0.2, -0.15) is 0 Å². The number of primary amides is 1. The normalized spacial score (nSPS) is 18.6. The van der Waals surface area contributed by atoms with Crippen LogP contribution in [0.25, 0.3) is 11.3 Å². The predicted molar refractivity (Wildman–Crippen MR) is 173 cm³/mol. The Balaban J connectivity index is 1.22. The van der Waals surface area contributed by atoms with E-state index >= 15 is 0 Å². The number of carbonyl (C=O) groups excluding carboxylic acids is 3. The summed E-state index contributed by atoms with van der Waals surface area (Å²) in [6.07, 6.45) is 6.58. The number of H-pyrrole nitrogens is 1. The SMILES string of the molecule is NCC1CCC(C(=O)N[C@@H](Cc2cccc(C(=O)N3CCc4ccccc4C3)c2)c2ncc(-c3ccc(C(N)=O)cc3)[nH]2)CC1. The summed E-state index contributed by atoms with van der Waals surface area (Å²) in [5.74, 6) is 0.563. The summed E-state index contributed by atoms with van der Waals surface area (Å²) in [6, 6.07) is 22.5. The van der Waals surface area contributed by atoms with Gasteiger partial charge in [-0.3, -0.25) is 14.4 Å². The Morgan fingerprint density at radius 2 is 1.69 bits per heavy atom. The maximum atomic E-state index is 13.6. The van der Waals surface area contributed by atoms with Gasteiger partial charge in [0.15, 0.2) is 0 Å². The third-order valence-corrected chi connectivity index (χ3v) is 9.30. The molecule has 4 aromatic rings. The van der Waals surface area contributed by atoms with E-state index in [2.05, 4.69) is 27.4 Å². The van der Waals surface area contributed by atoms with Gasteiger partial charge in [0.1, 0.15) is 5.82 Å². The number of hydrogen-bond donors (Lipinski definition) is 4. The minimum atomic E-state index is -0.485. The van der Waals surface area contributed by atoms with E-state index in [1.54, 1.807) is 18.3 Å². The van der Waals surface area contributed by atoms with Crippen molar-refractivity contribution in [3.05, 3.63) is 113 Å². The lowest BCUT2D eigenvalue weighted by Crippen LogP contribution is -2.38. The highest BCUT2D eigenvalue weighted by molar-refractivity contribution is 5.94. The molecule has 232 valence electrons. The molecule has 0 radical (unpaired) electrons. The van der Waals surface area contributed by atoms with E-state index in [0.29, 0.717) is 48.9 Å². The third kappa shape index (κ3) is 6.99. The van der Waals surface area contributed by atoms with Gasteiger partial charge in [-0.1, -0.05) is 48.5 Å². The van der Waals surface area contributed by atoms with Crippen molar-refractivity contribution in [1.82, 2.24) is 20.2 Å². The minimum absolute atomic E-state index is 0.00305. The Labute approximate surface area is 263 Å². The van der Waals surface area contributed by atoms with E-state index in [1.807, 2.05) is 53.4 Å². The number of rotatable bonds is 9. The summed E-state index contributed by atoms with van der Waals surface area (Å²) in [5, 5.41) is 3.28. The molecule has 2 aliphatic rings. The molecule has 3 amide bonds. The smallest absolute Gasteiger partial charge is 0.254 e. The fourth-order valence-electron chi connectivity index (χ4n) is 6.56. The van der Waals surface area contributed by atoms with Crippen LogP contribution in [0.4, 0.5) is 0 Å². The lowest BCUT2D eigenvalue weighted by Gasteiger charge is -2.29. The van der Waals surface area contributed by atoms with Crippen molar-refractivity contribution < 1.29 is 14.4 Å². The van der Waals surface area contributed by atoms with Crippen LogP contribution in [0, 0.1) is 11.8 Å². The molecule has 0 saturated heterocycles. The monoisotopic (exact) mass is 604 g/mol. The highest BCUT2D eigenvalue weighted by Crippen LogP contribution is 2.30. The van der Waals surface area contributed by atoms with Crippen LogP contribution in [0.1, 0.15) is 75.0 Å². The standard InChI is InChI=1S/C36H40N6O3/c37-20-23-8-10-28(11-9-23)35(44)41-31(34-39-21-32(40-34)26-12-14-27(15-13-26)33(38)43)19-24-4-3-7-29(18-24)36(45)42-17-16-25-5-1-2-6-30(25)22-42/h1-7,12-15,18,21,23,28,31H,8-11,16-17,19-20,22,37H2,(H2,38,43)(H,39,40)(H,41,44)/t23?,28?,31-/m0/s1. The van der Waals surface area contributed by atoms with Crippen LogP contribution in [0.3, 0.4) is 0 Å². The Kier molecular flexibility index (Phi) is 9.07. The van der Waals surface area contributed by atoms with Crippen molar-refractivity contribution in [2.24, 2.45) is 23.3 Å². The molecule has 1 aliphatic heterocycles. The number of benzene rings is 3. The molecule has 1 saturated carbocycles. The van der Waals surface area contributed by atoms with Crippen molar-refractivity contribution >= 4 is 17.7 Å². The quantitative estimate of drug-likeness (QED) is 0.222. The molecule has 1 aromatic heterocycles. The van der Waals surface area contributed by atoms with Crippen molar-refractivity contribution in [2.45, 2.75) is 51.1 Å². The van der Waals surface area contributed by atoms with Gasteiger partial charge in [0, 0.05) is 30.1 Å². The van der Waals surface area contributed by atoms with Gasteiger partial charge in [-0.05, 0) is 97.5 Å². The van der Waals surface area contributed by atoms with Gasteiger partial charge in [0.05, 0.1) is 17.9 Å². The second-order valence-corrected chi connectivity index (χ2v) is 12.3. The van der Waals surface area contributed by atoms with Gasteiger partial charge in [-0.25, -0.2) is 4.98 Å². The molecule has 2 heterocycles. The van der Waals surface area contributed by atoms with Crippen molar-refractivity contribution in [1.29, 1.82) is 0 Å². The summed E-state index contributed by atoms with van der Waals surface area (Å²) in [4.78, 5) is 48.6. The molecule has 0 unspecified atom stereocenters. The molecule has 9 nitrogen and oxygen atoms in total. The lowest BCUT2D eigenvalue weighted by molar-refractivity contribution is -0.127. The summed E-state index contributed by atoms with van der Waals surface area (Å²) in [5.41, 5.74) is 17.4. The number of amides is 3. The molecule has 1 aliphatic carbocycles. The zero-order chi connectivity index (χ0) is 31.3. The number of fused-ring (bicyclic) bond motifs is 1. The highest BCUT2D eigenvalue weighted by atomic mass is 16.2. The molecule has 6 N–H and O–H groups in total. The van der Waals surface area contributed by atoms with E-state index in [9.17, 15) is 14.4 Å². The minimum Gasteiger partial charge on any atom is -0.366 e. The number of imidazole rings is 1. The molecular formula is C36H40N6O3. The average Bonchev–Trinajstić information content (AvgIpc) is 3.58. The predicted octanol–water partition coefficient (Wildman–Crippen LogP) is 4.54. The number of aromatic amines is 1. The Bertz CT molecular complexity index is 1670. The van der Waals surface area contributed by atoms with Gasteiger partial charge in [0.25, 0.3) is 5.91 Å². The maximum Gasteiger partial charge on any atom is 0.254 e. The van der Waals surface area contributed by atoms with Gasteiger partial charge < -0.3 is 26.7 Å². The number of hydrogen-bond acceptors (Lipinski definition) is 5. The van der Waals surface area contributed by atoms with Gasteiger partial charge >= 0.3 is 0 Å². The Hall–Kier alpha value is -4.76. The lowest BCUT2D eigenvalue weighted by atomic mass is 9.81. The maximum absolute atomic E-state index is 13.6. The Morgan fingerprint density at radius 3 is 2.42 bits per heavy atom. The summed E-state index contributed by atoms with van der Waals surface area (Å²) in [6.45, 7) is 1.94. The zero-order valence-electron chi connectivity index (χ0n) is 25.4. The number of nitrogens with one attached hydrogen (secondary N) is 2. The summed E-state index contributed by atoms with van der Waals surface area (Å²) < 4.78 is 0. The highest BCUT2D eigenvalue weighted by Gasteiger charge is 2.29. The first-order valence-electron chi connectivity index (χ1n) is 15.8. The first-order valence-corrected chi connectivity index (χ1v) is 15.8. The topological polar surface area (TPSA) is 147 Å². The molecule has 45 heavy (non-hydrogen) atoms. The molecule has 6 rings (SSSR count). The summed E-state index contributed by atoms with van der Waals surface area (Å²) >= 11 is 0. The molecule has 9 heteroatoms. The third-order valence-electron chi connectivity index (χ3n) is 9.30. The van der Waals surface area contributed by atoms with E-state index in [1.165, 1.54) is 11.1 Å². The van der Waals surface area contributed by atoms with Gasteiger partial charge in [0.2, 0.25) is 11.8 Å². The molecular weight excluding hydrogens is 564 g/mol. The number of carbonyl (C=O) groups is 3. The first-order chi connectivity index (χ1) is 21.9. The number of aromatic nitrogens is 2. The second kappa shape index (κ2) is 13.5. The zero-order valence-corrected chi connectivity index (χ0v) is 25.4. The largest absolute Gasteiger partial charge is 0.366 e.